The standard InChI is InChI=1S/C17H17N3O4/c1-12(24-15-7-3-2-5-13(15)9-18)17(22)20-11-16(21)19-10-14-6-4-8-23-14/h2-8,12H,10-11H2,1H3,(H,19,21)(H,20,22)/t12-/m1/s1. The van der Waals surface area contributed by atoms with Crippen molar-refractivity contribution >= 4 is 11.8 Å². The van der Waals surface area contributed by atoms with Gasteiger partial charge in [-0.05, 0) is 31.2 Å². The van der Waals surface area contributed by atoms with Crippen LogP contribution in [0.25, 0.3) is 0 Å². The normalized spacial score (nSPS) is 11.2. The van der Waals surface area contributed by atoms with E-state index in [-0.39, 0.29) is 19.0 Å². The molecule has 0 aliphatic carbocycles. The molecule has 0 aliphatic rings. The smallest absolute Gasteiger partial charge is 0.261 e. The topological polar surface area (TPSA) is 104 Å². The molecule has 2 N–H and O–H groups in total. The van der Waals surface area contributed by atoms with Crippen molar-refractivity contribution in [2.75, 3.05) is 6.54 Å². The third-order valence-corrected chi connectivity index (χ3v) is 3.14. The molecule has 0 saturated carbocycles. The lowest BCUT2D eigenvalue weighted by molar-refractivity contribution is -0.130. The number of rotatable bonds is 7. The predicted molar refractivity (Wildman–Crippen MR) is 84.8 cm³/mol. The molecular formula is C17H17N3O4. The second-order valence-corrected chi connectivity index (χ2v) is 4.94. The van der Waals surface area contributed by atoms with E-state index in [9.17, 15) is 9.59 Å². The van der Waals surface area contributed by atoms with Crippen molar-refractivity contribution < 1.29 is 18.7 Å². The fourth-order valence-corrected chi connectivity index (χ4v) is 1.88. The third-order valence-electron chi connectivity index (χ3n) is 3.14. The number of hydrogen-bond donors (Lipinski definition) is 2. The summed E-state index contributed by atoms with van der Waals surface area (Å²) >= 11 is 0. The molecule has 0 spiro atoms. The monoisotopic (exact) mass is 327 g/mol. The van der Waals surface area contributed by atoms with E-state index in [0.717, 1.165) is 0 Å². The average Bonchev–Trinajstić information content (AvgIpc) is 3.11. The van der Waals surface area contributed by atoms with Gasteiger partial charge >= 0.3 is 0 Å². The number of nitrogens with one attached hydrogen (secondary N) is 2. The zero-order valence-corrected chi connectivity index (χ0v) is 13.1. The van der Waals surface area contributed by atoms with Crippen LogP contribution in [0.5, 0.6) is 5.75 Å². The molecule has 1 heterocycles. The van der Waals surface area contributed by atoms with E-state index < -0.39 is 12.0 Å². The van der Waals surface area contributed by atoms with Crippen LogP contribution in [0.2, 0.25) is 0 Å². The summed E-state index contributed by atoms with van der Waals surface area (Å²) in [5, 5.41) is 14.1. The number of furan rings is 1. The van der Waals surface area contributed by atoms with Crippen molar-refractivity contribution in [3.63, 3.8) is 0 Å². The van der Waals surface area contributed by atoms with Gasteiger partial charge in [-0.3, -0.25) is 9.59 Å². The second kappa shape index (κ2) is 8.39. The van der Waals surface area contributed by atoms with E-state index in [4.69, 9.17) is 14.4 Å². The van der Waals surface area contributed by atoms with Crippen molar-refractivity contribution in [2.24, 2.45) is 0 Å². The Bertz CT molecular complexity index is 735. The number of ether oxygens (including phenoxy) is 1. The van der Waals surface area contributed by atoms with Gasteiger partial charge < -0.3 is 19.8 Å². The van der Waals surface area contributed by atoms with Gasteiger partial charge in [-0.1, -0.05) is 12.1 Å². The van der Waals surface area contributed by atoms with E-state index in [0.29, 0.717) is 17.1 Å². The number of benzene rings is 1. The lowest BCUT2D eigenvalue weighted by atomic mass is 10.2. The first kappa shape index (κ1) is 17.1. The van der Waals surface area contributed by atoms with Crippen LogP contribution in [0.1, 0.15) is 18.2 Å². The lowest BCUT2D eigenvalue weighted by Gasteiger charge is -2.15. The number of carbonyl (C=O) groups excluding carboxylic acids is 2. The van der Waals surface area contributed by atoms with Crippen LogP contribution >= 0.6 is 0 Å². The molecule has 7 nitrogen and oxygen atoms in total. The molecule has 1 aromatic heterocycles. The Morgan fingerprint density at radius 2 is 2.04 bits per heavy atom. The summed E-state index contributed by atoms with van der Waals surface area (Å²) in [7, 11) is 0. The SMILES string of the molecule is C[C@@H](Oc1ccccc1C#N)C(=O)NCC(=O)NCc1ccco1. The van der Waals surface area contributed by atoms with E-state index in [1.165, 1.54) is 6.26 Å². The Morgan fingerprint density at radius 1 is 1.25 bits per heavy atom. The van der Waals surface area contributed by atoms with Crippen molar-refractivity contribution in [2.45, 2.75) is 19.6 Å². The second-order valence-electron chi connectivity index (χ2n) is 4.94. The molecule has 124 valence electrons. The number of hydrogen-bond acceptors (Lipinski definition) is 5. The van der Waals surface area contributed by atoms with Gasteiger partial charge in [0.25, 0.3) is 5.91 Å². The molecule has 2 rings (SSSR count). The van der Waals surface area contributed by atoms with Gasteiger partial charge in [0.05, 0.1) is 24.9 Å². The van der Waals surface area contributed by atoms with Crippen LogP contribution in [-0.2, 0) is 16.1 Å². The predicted octanol–water partition coefficient (Wildman–Crippen LogP) is 1.35. The molecular weight excluding hydrogens is 310 g/mol. The van der Waals surface area contributed by atoms with Crippen LogP contribution in [0.3, 0.4) is 0 Å². The van der Waals surface area contributed by atoms with Gasteiger partial charge in [0.1, 0.15) is 17.6 Å². The molecule has 0 unspecified atom stereocenters. The maximum absolute atomic E-state index is 12.0. The zero-order chi connectivity index (χ0) is 17.4. The molecule has 0 fully saturated rings. The maximum Gasteiger partial charge on any atom is 0.261 e. The van der Waals surface area contributed by atoms with Crippen LogP contribution < -0.4 is 15.4 Å². The summed E-state index contributed by atoms with van der Waals surface area (Å²) in [5.74, 6) is 0.157. The highest BCUT2D eigenvalue weighted by Crippen LogP contribution is 2.18. The minimum Gasteiger partial charge on any atom is -0.480 e. The maximum atomic E-state index is 12.0. The zero-order valence-electron chi connectivity index (χ0n) is 13.1. The summed E-state index contributed by atoms with van der Waals surface area (Å²) in [5.41, 5.74) is 0.341. The Morgan fingerprint density at radius 3 is 2.75 bits per heavy atom. The number of nitriles is 1. The first-order valence-electron chi connectivity index (χ1n) is 7.32. The molecule has 2 aromatic rings. The fraction of sp³-hybridized carbons (Fsp3) is 0.235. The molecule has 2 amide bonds. The van der Waals surface area contributed by atoms with Crippen LogP contribution in [-0.4, -0.2) is 24.5 Å². The first-order chi connectivity index (χ1) is 11.6. The molecule has 0 radical (unpaired) electrons. The number of para-hydroxylation sites is 1. The molecule has 0 saturated heterocycles. The Labute approximate surface area is 139 Å². The van der Waals surface area contributed by atoms with E-state index in [1.54, 1.807) is 43.3 Å². The Kier molecular flexibility index (Phi) is 5.97. The summed E-state index contributed by atoms with van der Waals surface area (Å²) in [6, 6.07) is 12.1. The molecule has 1 aromatic carbocycles. The Hall–Kier alpha value is -3.27. The highest BCUT2D eigenvalue weighted by Gasteiger charge is 2.17. The molecule has 24 heavy (non-hydrogen) atoms. The van der Waals surface area contributed by atoms with Gasteiger partial charge in [0.2, 0.25) is 5.91 Å². The summed E-state index contributed by atoms with van der Waals surface area (Å²) in [4.78, 5) is 23.6. The highest BCUT2D eigenvalue weighted by atomic mass is 16.5. The lowest BCUT2D eigenvalue weighted by Crippen LogP contribution is -2.42. The van der Waals surface area contributed by atoms with Crippen molar-refractivity contribution in [1.82, 2.24) is 10.6 Å². The summed E-state index contributed by atoms with van der Waals surface area (Å²) in [6.07, 6.45) is 0.679. The number of nitrogens with zero attached hydrogens (tertiary/aromatic N) is 1. The molecule has 0 bridgehead atoms. The molecule has 7 heteroatoms. The highest BCUT2D eigenvalue weighted by molar-refractivity contribution is 5.86. The minimum atomic E-state index is -0.836. The van der Waals surface area contributed by atoms with E-state index in [1.807, 2.05) is 6.07 Å². The first-order valence-corrected chi connectivity index (χ1v) is 7.32. The van der Waals surface area contributed by atoms with Gasteiger partial charge in [-0.25, -0.2) is 0 Å². The van der Waals surface area contributed by atoms with Gasteiger partial charge in [0, 0.05) is 0 Å². The third kappa shape index (κ3) is 4.88. The summed E-state index contributed by atoms with van der Waals surface area (Å²) < 4.78 is 10.6. The average molecular weight is 327 g/mol. The van der Waals surface area contributed by atoms with Crippen molar-refractivity contribution in [3.05, 3.63) is 54.0 Å². The van der Waals surface area contributed by atoms with Crippen LogP contribution in [0.15, 0.2) is 47.1 Å². The minimum absolute atomic E-state index is 0.173. The fourth-order valence-electron chi connectivity index (χ4n) is 1.88. The van der Waals surface area contributed by atoms with E-state index >= 15 is 0 Å². The van der Waals surface area contributed by atoms with Crippen molar-refractivity contribution in [3.8, 4) is 11.8 Å². The quantitative estimate of drug-likeness (QED) is 0.799. The largest absolute Gasteiger partial charge is 0.480 e. The molecule has 1 atom stereocenters. The van der Waals surface area contributed by atoms with Gasteiger partial charge in [-0.2, -0.15) is 5.26 Å². The van der Waals surface area contributed by atoms with Crippen molar-refractivity contribution in [1.29, 1.82) is 5.26 Å². The van der Waals surface area contributed by atoms with E-state index in [2.05, 4.69) is 10.6 Å². The van der Waals surface area contributed by atoms with Crippen LogP contribution in [0, 0.1) is 11.3 Å². The van der Waals surface area contributed by atoms with Gasteiger partial charge in [-0.15, -0.1) is 0 Å². The van der Waals surface area contributed by atoms with Gasteiger partial charge in [0.15, 0.2) is 6.10 Å². The molecule has 0 aliphatic heterocycles. The summed E-state index contributed by atoms with van der Waals surface area (Å²) in [6.45, 7) is 1.63. The Balaban J connectivity index is 1.77. The van der Waals surface area contributed by atoms with Crippen LogP contribution in [0.4, 0.5) is 0 Å². The number of carbonyl (C=O) groups is 2. The number of amides is 2.